The van der Waals surface area contributed by atoms with E-state index in [-0.39, 0.29) is 5.91 Å². The number of ether oxygens (including phenoxy) is 1. The highest BCUT2D eigenvalue weighted by molar-refractivity contribution is 5.99. The van der Waals surface area contributed by atoms with Crippen LogP contribution in [-0.2, 0) is 0 Å². The summed E-state index contributed by atoms with van der Waals surface area (Å²) in [5.74, 6) is 1.31. The van der Waals surface area contributed by atoms with Gasteiger partial charge in [-0.3, -0.25) is 4.79 Å². The summed E-state index contributed by atoms with van der Waals surface area (Å²) in [7, 11) is 0. The van der Waals surface area contributed by atoms with Crippen molar-refractivity contribution >= 4 is 11.6 Å². The number of rotatable bonds is 3. The quantitative estimate of drug-likeness (QED) is 0.898. The number of benzene rings is 1. The van der Waals surface area contributed by atoms with Crippen molar-refractivity contribution in [1.82, 2.24) is 5.32 Å². The number of carbonyl (C=O) groups excluding carboxylic acids is 1. The molecule has 1 aliphatic heterocycles. The van der Waals surface area contributed by atoms with Crippen molar-refractivity contribution in [2.24, 2.45) is 5.92 Å². The van der Waals surface area contributed by atoms with Gasteiger partial charge in [0.1, 0.15) is 6.61 Å². The lowest BCUT2D eigenvalue weighted by Crippen LogP contribution is -2.42. The van der Waals surface area contributed by atoms with Gasteiger partial charge in [-0.25, -0.2) is 0 Å². The summed E-state index contributed by atoms with van der Waals surface area (Å²) in [6.07, 6.45) is 5.96. The Balaban J connectivity index is 1.76. The normalized spacial score (nSPS) is 24.4. The van der Waals surface area contributed by atoms with Crippen molar-refractivity contribution in [2.45, 2.75) is 45.1 Å². The summed E-state index contributed by atoms with van der Waals surface area (Å²) < 4.78 is 5.69. The molecule has 1 heterocycles. The van der Waals surface area contributed by atoms with Gasteiger partial charge in [-0.15, -0.1) is 0 Å². The smallest absolute Gasteiger partial charge is 0.255 e. The fourth-order valence-corrected chi connectivity index (χ4v) is 3.48. The van der Waals surface area contributed by atoms with Gasteiger partial charge in [-0.05, 0) is 30.9 Å². The fraction of sp³-hybridized carbons (Fsp3) is 0.588. The molecule has 0 radical (unpaired) electrons. The van der Waals surface area contributed by atoms with Gasteiger partial charge in [0, 0.05) is 12.6 Å². The molecule has 1 amide bonds. The fourth-order valence-electron chi connectivity index (χ4n) is 3.48. The van der Waals surface area contributed by atoms with Crippen molar-refractivity contribution in [3.05, 3.63) is 23.8 Å². The molecule has 1 aliphatic carbocycles. The van der Waals surface area contributed by atoms with Gasteiger partial charge in [0.05, 0.1) is 11.3 Å². The van der Waals surface area contributed by atoms with Crippen LogP contribution in [0.4, 0.5) is 5.69 Å². The third kappa shape index (κ3) is 2.99. The van der Waals surface area contributed by atoms with Gasteiger partial charge < -0.3 is 15.4 Å². The number of para-hydroxylation sites is 1. The van der Waals surface area contributed by atoms with Crippen molar-refractivity contribution in [3.8, 4) is 5.75 Å². The van der Waals surface area contributed by atoms with E-state index in [1.54, 1.807) is 0 Å². The Morgan fingerprint density at radius 1 is 1.38 bits per heavy atom. The third-order valence-corrected chi connectivity index (χ3v) is 4.67. The molecule has 1 saturated carbocycles. The molecule has 114 valence electrons. The zero-order valence-electron chi connectivity index (χ0n) is 12.7. The minimum Gasteiger partial charge on any atom is -0.489 e. The monoisotopic (exact) mass is 288 g/mol. The van der Waals surface area contributed by atoms with Crippen LogP contribution in [0.3, 0.4) is 0 Å². The molecule has 0 spiro atoms. The highest BCUT2D eigenvalue weighted by atomic mass is 16.5. The second-order valence-electron chi connectivity index (χ2n) is 5.99. The number of nitrogens with one attached hydrogen (secondary N) is 2. The molecule has 2 N–H and O–H groups in total. The molecule has 1 aromatic rings. The highest BCUT2D eigenvalue weighted by Crippen LogP contribution is 2.32. The van der Waals surface area contributed by atoms with Crippen LogP contribution < -0.4 is 15.4 Å². The minimum absolute atomic E-state index is 0.000833. The maximum absolute atomic E-state index is 12.6. The topological polar surface area (TPSA) is 50.4 Å². The van der Waals surface area contributed by atoms with Gasteiger partial charge in [0.15, 0.2) is 5.75 Å². The minimum atomic E-state index is 0.000833. The van der Waals surface area contributed by atoms with Gasteiger partial charge in [0.25, 0.3) is 5.91 Å². The summed E-state index contributed by atoms with van der Waals surface area (Å²) in [4.78, 5) is 12.6. The van der Waals surface area contributed by atoms with Crippen LogP contribution >= 0.6 is 0 Å². The van der Waals surface area contributed by atoms with Crippen LogP contribution in [-0.4, -0.2) is 25.1 Å². The van der Waals surface area contributed by atoms with Crippen molar-refractivity contribution in [3.63, 3.8) is 0 Å². The van der Waals surface area contributed by atoms with E-state index >= 15 is 0 Å². The Hall–Kier alpha value is -1.71. The maximum atomic E-state index is 12.6. The SMILES string of the molecule is CCC1CCCCC1NC(=O)c1cccc2c1OCCN2. The van der Waals surface area contributed by atoms with Gasteiger partial charge >= 0.3 is 0 Å². The average molecular weight is 288 g/mol. The van der Waals surface area contributed by atoms with E-state index in [9.17, 15) is 4.79 Å². The van der Waals surface area contributed by atoms with Gasteiger partial charge in [-0.1, -0.05) is 32.3 Å². The van der Waals surface area contributed by atoms with E-state index < -0.39 is 0 Å². The number of fused-ring (bicyclic) bond motifs is 1. The molecule has 4 nitrogen and oxygen atoms in total. The lowest BCUT2D eigenvalue weighted by molar-refractivity contribution is 0.0900. The first-order chi connectivity index (χ1) is 10.3. The average Bonchev–Trinajstić information content (AvgIpc) is 2.54. The molecule has 2 aliphatic rings. The first kappa shape index (κ1) is 14.2. The summed E-state index contributed by atoms with van der Waals surface area (Å²) in [5, 5.41) is 6.52. The lowest BCUT2D eigenvalue weighted by Gasteiger charge is -2.32. The highest BCUT2D eigenvalue weighted by Gasteiger charge is 2.27. The molecular weight excluding hydrogens is 264 g/mol. The summed E-state index contributed by atoms with van der Waals surface area (Å²) in [5.41, 5.74) is 1.57. The van der Waals surface area contributed by atoms with E-state index in [1.165, 1.54) is 19.3 Å². The van der Waals surface area contributed by atoms with E-state index in [0.717, 1.165) is 25.1 Å². The molecule has 0 bridgehead atoms. The zero-order chi connectivity index (χ0) is 14.7. The van der Waals surface area contributed by atoms with Crippen molar-refractivity contribution in [2.75, 3.05) is 18.5 Å². The molecule has 2 unspecified atom stereocenters. The Morgan fingerprint density at radius 2 is 2.24 bits per heavy atom. The third-order valence-electron chi connectivity index (χ3n) is 4.67. The Kier molecular flexibility index (Phi) is 4.32. The molecular formula is C17H24N2O2. The largest absolute Gasteiger partial charge is 0.489 e. The molecule has 2 atom stereocenters. The second kappa shape index (κ2) is 6.37. The number of carbonyl (C=O) groups is 1. The predicted molar refractivity (Wildman–Crippen MR) is 83.9 cm³/mol. The molecule has 4 heteroatoms. The van der Waals surface area contributed by atoms with Crippen LogP contribution in [0, 0.1) is 5.92 Å². The first-order valence-electron chi connectivity index (χ1n) is 8.10. The number of anilines is 1. The number of amides is 1. The molecule has 1 aromatic carbocycles. The number of hydrogen-bond donors (Lipinski definition) is 2. The molecule has 0 saturated heterocycles. The van der Waals surface area contributed by atoms with Crippen LogP contribution in [0.2, 0.25) is 0 Å². The number of hydrogen-bond acceptors (Lipinski definition) is 3. The molecule has 21 heavy (non-hydrogen) atoms. The predicted octanol–water partition coefficient (Wildman–Crippen LogP) is 3.19. The first-order valence-corrected chi connectivity index (χ1v) is 8.10. The molecule has 0 aromatic heterocycles. The van der Waals surface area contributed by atoms with Crippen molar-refractivity contribution in [1.29, 1.82) is 0 Å². The van der Waals surface area contributed by atoms with Crippen LogP contribution in [0.25, 0.3) is 0 Å². The lowest BCUT2D eigenvalue weighted by atomic mass is 9.83. The Labute approximate surface area is 126 Å². The molecule has 3 rings (SSSR count). The van der Waals surface area contributed by atoms with Gasteiger partial charge in [-0.2, -0.15) is 0 Å². The van der Waals surface area contributed by atoms with Gasteiger partial charge in [0.2, 0.25) is 0 Å². The summed E-state index contributed by atoms with van der Waals surface area (Å²) in [6, 6.07) is 6.03. The van der Waals surface area contributed by atoms with Crippen molar-refractivity contribution < 1.29 is 9.53 Å². The van der Waals surface area contributed by atoms with Crippen LogP contribution in [0.15, 0.2) is 18.2 Å². The summed E-state index contributed by atoms with van der Waals surface area (Å²) in [6.45, 7) is 3.61. The summed E-state index contributed by atoms with van der Waals surface area (Å²) >= 11 is 0. The second-order valence-corrected chi connectivity index (χ2v) is 5.99. The maximum Gasteiger partial charge on any atom is 0.255 e. The standard InChI is InChI=1S/C17H24N2O2/c1-2-12-6-3-4-8-14(12)19-17(20)13-7-5-9-15-16(13)21-11-10-18-15/h5,7,9,12,14,18H,2-4,6,8,10-11H2,1H3,(H,19,20). The Morgan fingerprint density at radius 3 is 3.10 bits per heavy atom. The Bertz CT molecular complexity index is 516. The zero-order valence-corrected chi connectivity index (χ0v) is 12.7. The molecule has 1 fully saturated rings. The van der Waals surface area contributed by atoms with E-state index in [1.807, 2.05) is 18.2 Å². The van der Waals surface area contributed by atoms with E-state index in [0.29, 0.717) is 29.9 Å². The van der Waals surface area contributed by atoms with E-state index in [4.69, 9.17) is 4.74 Å². The van der Waals surface area contributed by atoms with E-state index in [2.05, 4.69) is 17.6 Å². The van der Waals surface area contributed by atoms with Crippen LogP contribution in [0.1, 0.15) is 49.4 Å². The van der Waals surface area contributed by atoms with Crippen LogP contribution in [0.5, 0.6) is 5.75 Å².